The lowest BCUT2D eigenvalue weighted by molar-refractivity contribution is -0.192. The van der Waals surface area contributed by atoms with Crippen LogP contribution in [0.25, 0.3) is 0 Å². The monoisotopic (exact) mass is 688 g/mol. The summed E-state index contributed by atoms with van der Waals surface area (Å²) in [7, 11) is 0. The molecule has 0 saturated carbocycles. The molecule has 1 aromatic heterocycles. The first-order valence-electron chi connectivity index (χ1n) is 14.4. The van der Waals surface area contributed by atoms with Crippen molar-refractivity contribution in [1.82, 2.24) is 4.90 Å². The number of alkyl halides is 3. The third kappa shape index (κ3) is 8.21. The van der Waals surface area contributed by atoms with E-state index in [2.05, 4.69) is 31.7 Å². The molecule has 2 N–H and O–H groups in total. The molecule has 0 bridgehead atoms. The highest BCUT2D eigenvalue weighted by atomic mass is 35.5. The van der Waals surface area contributed by atoms with E-state index in [0.29, 0.717) is 25.8 Å². The number of carbonyl (C=O) groups is 1. The van der Waals surface area contributed by atoms with E-state index < -0.39 is 47.2 Å². The summed E-state index contributed by atoms with van der Waals surface area (Å²) in [5.41, 5.74) is -1.49. The molecule has 0 radical (unpaired) electrons. The van der Waals surface area contributed by atoms with E-state index in [1.807, 2.05) is 19.1 Å². The minimum absolute atomic E-state index is 0.0911. The number of benzene rings is 2. The molecule has 1 aliphatic heterocycles. The van der Waals surface area contributed by atoms with Crippen molar-refractivity contribution in [2.24, 2.45) is 5.41 Å². The summed E-state index contributed by atoms with van der Waals surface area (Å²) in [6, 6.07) is 14.0. The number of hydrogen-bond acceptors (Lipinski definition) is 5. The number of furan rings is 1. The number of nitrogens with zero attached hydrogens (tertiary/aromatic N) is 2. The van der Waals surface area contributed by atoms with E-state index in [1.165, 1.54) is 18.2 Å². The number of rotatable bonds is 8. The second-order valence-corrected chi connectivity index (χ2v) is 13.3. The lowest BCUT2D eigenvalue weighted by Crippen LogP contribution is -2.47. The molecule has 1 fully saturated rings. The molecule has 0 aliphatic carbocycles. The summed E-state index contributed by atoms with van der Waals surface area (Å²) in [4.78, 5) is 11.0. The van der Waals surface area contributed by atoms with Gasteiger partial charge in [0.05, 0.1) is 17.7 Å². The topological polar surface area (TPSA) is 97.7 Å². The Balaban J connectivity index is 0.000000738. The van der Waals surface area contributed by atoms with E-state index in [0.717, 1.165) is 11.5 Å². The number of nitriles is 1. The molecule has 0 amide bonds. The van der Waals surface area contributed by atoms with Gasteiger partial charge in [0.15, 0.2) is 0 Å². The molecule has 4 atom stereocenters. The molecule has 13 heteroatoms. The van der Waals surface area contributed by atoms with Gasteiger partial charge in [0, 0.05) is 35.0 Å². The molecule has 1 saturated heterocycles. The molecular formula is C33H35Cl2F5N2O4. The number of aliphatic hydroxyl groups excluding tert-OH is 1. The van der Waals surface area contributed by atoms with Gasteiger partial charge >= 0.3 is 12.1 Å². The van der Waals surface area contributed by atoms with Crippen LogP contribution in [0.3, 0.4) is 0 Å². The van der Waals surface area contributed by atoms with Crippen LogP contribution in [0.15, 0.2) is 52.9 Å². The fraction of sp³-hybridized carbons (Fsp3) is 0.455. The molecule has 0 unspecified atom stereocenters. The van der Waals surface area contributed by atoms with Crippen molar-refractivity contribution in [3.8, 4) is 6.07 Å². The zero-order valence-electron chi connectivity index (χ0n) is 25.6. The molecule has 2 aromatic carbocycles. The van der Waals surface area contributed by atoms with E-state index in [9.17, 15) is 23.5 Å². The Morgan fingerprint density at radius 2 is 1.76 bits per heavy atom. The van der Waals surface area contributed by atoms with E-state index >= 15 is 8.78 Å². The second-order valence-electron chi connectivity index (χ2n) is 12.4. The largest absolute Gasteiger partial charge is 0.490 e. The van der Waals surface area contributed by atoms with Gasteiger partial charge in [-0.1, -0.05) is 62.2 Å². The van der Waals surface area contributed by atoms with Gasteiger partial charge in [-0.2, -0.15) is 18.4 Å². The Bertz CT molecular complexity index is 1570. The summed E-state index contributed by atoms with van der Waals surface area (Å²) < 4.78 is 69.0. The number of aliphatic carboxylic acids is 1. The predicted molar refractivity (Wildman–Crippen MR) is 164 cm³/mol. The van der Waals surface area contributed by atoms with Gasteiger partial charge in [0.1, 0.15) is 28.6 Å². The smallest absolute Gasteiger partial charge is 0.475 e. The number of aryl methyl sites for hydroxylation is 2. The van der Waals surface area contributed by atoms with Crippen LogP contribution < -0.4 is 0 Å². The van der Waals surface area contributed by atoms with Crippen LogP contribution in [0.1, 0.15) is 62.2 Å². The molecule has 3 aromatic rings. The van der Waals surface area contributed by atoms with Crippen LogP contribution in [0.5, 0.6) is 0 Å². The third-order valence-corrected chi connectivity index (χ3v) is 8.50. The average Bonchev–Trinajstić information content (AvgIpc) is 3.47. The number of aliphatic hydroxyl groups is 1. The van der Waals surface area contributed by atoms with Gasteiger partial charge in [-0.15, -0.1) is 0 Å². The second kappa shape index (κ2) is 14.7. The van der Waals surface area contributed by atoms with Gasteiger partial charge in [0.25, 0.3) is 0 Å². The number of hydrogen-bond donors (Lipinski definition) is 2. The first-order chi connectivity index (χ1) is 21.4. The van der Waals surface area contributed by atoms with Gasteiger partial charge < -0.3 is 14.6 Å². The Kier molecular flexibility index (Phi) is 11.9. The van der Waals surface area contributed by atoms with Gasteiger partial charge in [-0.3, -0.25) is 4.90 Å². The van der Waals surface area contributed by atoms with Crippen LogP contribution in [0, 0.1) is 35.3 Å². The van der Waals surface area contributed by atoms with E-state index in [1.54, 1.807) is 18.2 Å². The molecular weight excluding hydrogens is 654 g/mol. The van der Waals surface area contributed by atoms with Gasteiger partial charge in [-0.05, 0) is 67.6 Å². The highest BCUT2D eigenvalue weighted by Crippen LogP contribution is 2.56. The van der Waals surface area contributed by atoms with Crippen LogP contribution in [0.4, 0.5) is 22.0 Å². The minimum Gasteiger partial charge on any atom is -0.475 e. The Morgan fingerprint density at radius 1 is 1.11 bits per heavy atom. The zero-order chi connectivity index (χ0) is 34.6. The van der Waals surface area contributed by atoms with Crippen molar-refractivity contribution in [3.63, 3.8) is 0 Å². The minimum atomic E-state index is -5.08. The van der Waals surface area contributed by atoms with Gasteiger partial charge in [0.2, 0.25) is 0 Å². The maximum absolute atomic E-state index is 15.8. The lowest BCUT2D eigenvalue weighted by Gasteiger charge is -2.39. The number of likely N-dealkylation sites (tertiary alicyclic amines) is 1. The lowest BCUT2D eigenvalue weighted by atomic mass is 9.62. The van der Waals surface area contributed by atoms with Gasteiger partial charge in [-0.25, -0.2) is 13.6 Å². The molecule has 0 spiro atoms. The van der Waals surface area contributed by atoms with Crippen LogP contribution in [-0.2, 0) is 16.6 Å². The van der Waals surface area contributed by atoms with E-state index in [4.69, 9.17) is 37.5 Å². The summed E-state index contributed by atoms with van der Waals surface area (Å²) >= 11 is 12.3. The van der Waals surface area contributed by atoms with Crippen molar-refractivity contribution < 1.29 is 41.4 Å². The average molecular weight is 690 g/mol. The zero-order valence-corrected chi connectivity index (χ0v) is 27.1. The molecule has 2 heterocycles. The van der Waals surface area contributed by atoms with Crippen LogP contribution in [-0.4, -0.2) is 52.5 Å². The maximum Gasteiger partial charge on any atom is 0.490 e. The number of halogens is 7. The highest BCUT2D eigenvalue weighted by molar-refractivity contribution is 6.31. The van der Waals surface area contributed by atoms with Crippen molar-refractivity contribution in [1.29, 1.82) is 5.26 Å². The quantitative estimate of drug-likeness (QED) is 0.231. The summed E-state index contributed by atoms with van der Waals surface area (Å²) in [5, 5.41) is 29.1. The SMILES string of the molecule is Cc1ccc(CCCN2[C@@H](CC(C)(C)C)[C@](C#N)(c3ccc(Cl)cc3F)[C@@H](c3cccc(Cl)c3F)[C@@H]2CO)o1.O=C(O)C(F)(F)F. The van der Waals surface area contributed by atoms with Crippen LogP contribution >= 0.6 is 23.2 Å². The summed E-state index contributed by atoms with van der Waals surface area (Å²) in [6.45, 7) is 8.19. The highest BCUT2D eigenvalue weighted by Gasteiger charge is 2.62. The van der Waals surface area contributed by atoms with Crippen molar-refractivity contribution in [2.45, 2.75) is 76.6 Å². The molecule has 1 aliphatic rings. The summed E-state index contributed by atoms with van der Waals surface area (Å²) in [6.07, 6.45) is -3.27. The standard InChI is InChI=1S/C31H34Cl2F2N2O2.C2HF3O2/c1-19-10-12-21(39-19)7-6-14-37-26(17-38)28(22-8-5-9-24(33)29(22)35)31(18-36,27(37)16-30(2,3)4)23-13-11-20(32)15-25(23)34;3-2(4,5)1(6)7/h5,8-13,15,26-28,38H,6-7,14,16-17H2,1-4H3;(H,6,7)/t26-,27-,28-,31-;/m0./s1. The molecule has 46 heavy (non-hydrogen) atoms. The first kappa shape index (κ1) is 37.3. The third-order valence-electron chi connectivity index (χ3n) is 7.98. The molecule has 250 valence electrons. The number of carboxylic acids is 1. The predicted octanol–water partition coefficient (Wildman–Crippen LogP) is 8.47. The van der Waals surface area contributed by atoms with E-state index in [-0.39, 0.29) is 33.2 Å². The normalized spacial score (nSPS) is 21.8. The van der Waals surface area contributed by atoms with Crippen molar-refractivity contribution in [3.05, 3.63) is 92.9 Å². The Hall–Kier alpha value is -3.17. The molecule has 4 rings (SSSR count). The fourth-order valence-corrected chi connectivity index (χ4v) is 6.57. The first-order valence-corrected chi connectivity index (χ1v) is 15.2. The summed E-state index contributed by atoms with van der Waals surface area (Å²) in [5.74, 6) is -3.30. The van der Waals surface area contributed by atoms with Crippen molar-refractivity contribution >= 4 is 29.2 Å². The van der Waals surface area contributed by atoms with Crippen molar-refractivity contribution in [2.75, 3.05) is 13.2 Å². The molecule has 6 nitrogen and oxygen atoms in total. The number of carboxylic acid groups (broad SMARTS) is 1. The fourth-order valence-electron chi connectivity index (χ4n) is 6.23. The van der Waals surface area contributed by atoms with Crippen LogP contribution in [0.2, 0.25) is 10.0 Å². The maximum atomic E-state index is 15.8. The Morgan fingerprint density at radius 3 is 2.26 bits per heavy atom. The Labute approximate surface area is 274 Å².